The molecule has 0 aromatic carbocycles. The topological polar surface area (TPSA) is 12.0 Å². The van der Waals surface area contributed by atoms with Crippen molar-refractivity contribution in [1.29, 1.82) is 0 Å². The van der Waals surface area contributed by atoms with Gasteiger partial charge >= 0.3 is 0 Å². The van der Waals surface area contributed by atoms with E-state index in [2.05, 4.69) is 33.0 Å². The summed E-state index contributed by atoms with van der Waals surface area (Å²) in [4.78, 5) is 0. The normalized spacial score (nSPS) is 23.4. The minimum atomic E-state index is 0.472. The summed E-state index contributed by atoms with van der Waals surface area (Å²) in [6.45, 7) is 10.5. The van der Waals surface area contributed by atoms with Gasteiger partial charge in [0, 0.05) is 5.54 Å². The predicted octanol–water partition coefficient (Wildman–Crippen LogP) is 2.03. The van der Waals surface area contributed by atoms with Gasteiger partial charge in [0.15, 0.2) is 0 Å². The van der Waals surface area contributed by atoms with Crippen molar-refractivity contribution in [1.82, 2.24) is 5.32 Å². The smallest absolute Gasteiger partial charge is 0.0239 e. The number of rotatable bonds is 2. The van der Waals surface area contributed by atoms with Crippen LogP contribution >= 0.6 is 0 Å². The van der Waals surface area contributed by atoms with Gasteiger partial charge in [-0.25, -0.2) is 0 Å². The van der Waals surface area contributed by atoms with Crippen molar-refractivity contribution in [2.24, 2.45) is 11.8 Å². The third kappa shape index (κ3) is 0.968. The SMILES string of the molecule is CC(C)C1(C(C)C)CCN1. The average Bonchev–Trinajstić information content (AvgIpc) is 1.57. The van der Waals surface area contributed by atoms with E-state index in [1.807, 2.05) is 0 Å². The van der Waals surface area contributed by atoms with E-state index in [9.17, 15) is 0 Å². The van der Waals surface area contributed by atoms with Crippen molar-refractivity contribution in [2.75, 3.05) is 6.54 Å². The van der Waals surface area contributed by atoms with Gasteiger partial charge in [-0.3, -0.25) is 0 Å². The highest BCUT2D eigenvalue weighted by Crippen LogP contribution is 2.34. The molecule has 0 amide bonds. The molecule has 0 saturated carbocycles. The summed E-state index contributed by atoms with van der Waals surface area (Å²) in [5, 5.41) is 3.56. The van der Waals surface area contributed by atoms with Gasteiger partial charge in [-0.15, -0.1) is 0 Å². The van der Waals surface area contributed by atoms with Gasteiger partial charge in [-0.1, -0.05) is 27.7 Å². The molecule has 1 heterocycles. The van der Waals surface area contributed by atoms with E-state index in [1.54, 1.807) is 0 Å². The lowest BCUT2D eigenvalue weighted by Gasteiger charge is -2.50. The molecule has 1 rings (SSSR count). The molecule has 1 N–H and O–H groups in total. The van der Waals surface area contributed by atoms with Crippen LogP contribution < -0.4 is 5.32 Å². The van der Waals surface area contributed by atoms with Crippen LogP contribution in [0, 0.1) is 11.8 Å². The fraction of sp³-hybridized carbons (Fsp3) is 1.00. The van der Waals surface area contributed by atoms with Crippen LogP contribution in [0.1, 0.15) is 34.1 Å². The summed E-state index contributed by atoms with van der Waals surface area (Å²) in [5.41, 5.74) is 0.472. The highest BCUT2D eigenvalue weighted by molar-refractivity contribution is 5.00. The van der Waals surface area contributed by atoms with Gasteiger partial charge in [0.05, 0.1) is 0 Å². The Balaban J connectivity index is 2.59. The molecular formula is C9H19N. The van der Waals surface area contributed by atoms with Gasteiger partial charge in [-0.2, -0.15) is 0 Å². The fourth-order valence-corrected chi connectivity index (χ4v) is 2.07. The van der Waals surface area contributed by atoms with Crippen molar-refractivity contribution < 1.29 is 0 Å². The first-order chi connectivity index (χ1) is 4.59. The molecule has 0 aromatic rings. The van der Waals surface area contributed by atoms with Crippen molar-refractivity contribution in [3.05, 3.63) is 0 Å². The molecule has 0 radical (unpaired) electrons. The Morgan fingerprint density at radius 1 is 1.10 bits per heavy atom. The average molecular weight is 141 g/mol. The minimum absolute atomic E-state index is 0.472. The Bertz CT molecular complexity index is 102. The molecule has 0 spiro atoms. The van der Waals surface area contributed by atoms with Crippen LogP contribution in [-0.4, -0.2) is 12.1 Å². The van der Waals surface area contributed by atoms with E-state index in [4.69, 9.17) is 0 Å². The Labute approximate surface area is 64.2 Å². The Morgan fingerprint density at radius 2 is 1.50 bits per heavy atom. The maximum Gasteiger partial charge on any atom is 0.0239 e. The van der Waals surface area contributed by atoms with Crippen molar-refractivity contribution in [3.8, 4) is 0 Å². The van der Waals surface area contributed by atoms with Gasteiger partial charge < -0.3 is 5.32 Å². The van der Waals surface area contributed by atoms with Crippen LogP contribution in [0.4, 0.5) is 0 Å². The van der Waals surface area contributed by atoms with E-state index in [-0.39, 0.29) is 0 Å². The van der Waals surface area contributed by atoms with Crippen molar-refractivity contribution in [2.45, 2.75) is 39.7 Å². The summed E-state index contributed by atoms with van der Waals surface area (Å²) >= 11 is 0. The molecule has 1 saturated heterocycles. The van der Waals surface area contributed by atoms with E-state index < -0.39 is 0 Å². The number of nitrogens with one attached hydrogen (secondary N) is 1. The van der Waals surface area contributed by atoms with Crippen LogP contribution in [0.25, 0.3) is 0 Å². The second kappa shape index (κ2) is 2.54. The first kappa shape index (κ1) is 8.06. The Morgan fingerprint density at radius 3 is 1.50 bits per heavy atom. The molecule has 60 valence electrons. The molecule has 0 aliphatic carbocycles. The zero-order valence-electron chi connectivity index (χ0n) is 7.57. The maximum atomic E-state index is 3.56. The molecular weight excluding hydrogens is 122 g/mol. The summed E-state index contributed by atoms with van der Waals surface area (Å²) in [6, 6.07) is 0. The third-order valence-electron chi connectivity index (χ3n) is 3.05. The van der Waals surface area contributed by atoms with E-state index >= 15 is 0 Å². The first-order valence-electron chi connectivity index (χ1n) is 4.34. The lowest BCUT2D eigenvalue weighted by molar-refractivity contribution is 0.0834. The quantitative estimate of drug-likeness (QED) is 0.620. The molecule has 1 fully saturated rings. The molecule has 0 atom stereocenters. The Hall–Kier alpha value is -0.0400. The summed E-state index contributed by atoms with van der Waals surface area (Å²) < 4.78 is 0. The predicted molar refractivity (Wildman–Crippen MR) is 45.0 cm³/mol. The molecule has 0 bridgehead atoms. The van der Waals surface area contributed by atoms with Gasteiger partial charge in [0.1, 0.15) is 0 Å². The summed E-state index contributed by atoms with van der Waals surface area (Å²) in [5.74, 6) is 1.56. The van der Waals surface area contributed by atoms with Gasteiger partial charge in [-0.05, 0) is 24.8 Å². The van der Waals surface area contributed by atoms with Crippen LogP contribution in [0.5, 0.6) is 0 Å². The second-order valence-electron chi connectivity index (χ2n) is 4.03. The van der Waals surface area contributed by atoms with Crippen LogP contribution in [0.15, 0.2) is 0 Å². The molecule has 1 aliphatic heterocycles. The number of hydrogen-bond donors (Lipinski definition) is 1. The standard InChI is InChI=1S/C9H19N/c1-7(2)9(8(3)4)5-6-10-9/h7-8,10H,5-6H2,1-4H3. The van der Waals surface area contributed by atoms with Crippen LogP contribution in [-0.2, 0) is 0 Å². The van der Waals surface area contributed by atoms with Crippen molar-refractivity contribution >= 4 is 0 Å². The molecule has 1 aliphatic rings. The molecule has 10 heavy (non-hydrogen) atoms. The molecule has 0 unspecified atom stereocenters. The first-order valence-corrected chi connectivity index (χ1v) is 4.34. The lowest BCUT2D eigenvalue weighted by Crippen LogP contribution is -2.63. The number of hydrogen-bond acceptors (Lipinski definition) is 1. The van der Waals surface area contributed by atoms with Crippen molar-refractivity contribution in [3.63, 3.8) is 0 Å². The molecule has 0 aromatic heterocycles. The summed E-state index contributed by atoms with van der Waals surface area (Å²) in [6.07, 6.45) is 1.36. The van der Waals surface area contributed by atoms with E-state index in [1.165, 1.54) is 13.0 Å². The Kier molecular flexibility index (Phi) is 2.04. The van der Waals surface area contributed by atoms with Crippen LogP contribution in [0.3, 0.4) is 0 Å². The zero-order valence-corrected chi connectivity index (χ0v) is 7.57. The third-order valence-corrected chi connectivity index (χ3v) is 3.05. The maximum absolute atomic E-state index is 3.56. The highest BCUT2D eigenvalue weighted by atomic mass is 15.1. The molecule has 1 nitrogen and oxygen atoms in total. The monoisotopic (exact) mass is 141 g/mol. The van der Waals surface area contributed by atoms with E-state index in [0.717, 1.165) is 11.8 Å². The minimum Gasteiger partial charge on any atom is -0.311 e. The lowest BCUT2D eigenvalue weighted by atomic mass is 9.70. The van der Waals surface area contributed by atoms with Gasteiger partial charge in [0.25, 0.3) is 0 Å². The molecule has 1 heteroatoms. The second-order valence-corrected chi connectivity index (χ2v) is 4.03. The zero-order chi connectivity index (χ0) is 7.78. The summed E-state index contributed by atoms with van der Waals surface area (Å²) in [7, 11) is 0. The fourth-order valence-electron chi connectivity index (χ4n) is 2.07. The largest absolute Gasteiger partial charge is 0.311 e. The van der Waals surface area contributed by atoms with Crippen LogP contribution in [0.2, 0.25) is 0 Å². The highest BCUT2D eigenvalue weighted by Gasteiger charge is 2.41. The van der Waals surface area contributed by atoms with E-state index in [0.29, 0.717) is 5.54 Å². The van der Waals surface area contributed by atoms with Gasteiger partial charge in [0.2, 0.25) is 0 Å².